The Balaban J connectivity index is 2.02. The van der Waals surface area contributed by atoms with Crippen LogP contribution in [0.4, 0.5) is 0 Å². The van der Waals surface area contributed by atoms with Gasteiger partial charge < -0.3 is 9.47 Å². The van der Waals surface area contributed by atoms with Crippen LogP contribution >= 0.6 is 0 Å². The summed E-state index contributed by atoms with van der Waals surface area (Å²) in [5.74, 6) is 3.47. The summed E-state index contributed by atoms with van der Waals surface area (Å²) in [7, 11) is 3.24. The maximum Gasteiger partial charge on any atom is 0.212 e. The SMILES string of the molecule is CCCCCCCC[S+](CC(=O)c1ccc(OC)cc1)c1ccc(OC)cc1. The molecule has 1 unspecified atom stereocenters. The van der Waals surface area contributed by atoms with E-state index in [1.54, 1.807) is 14.2 Å². The number of ether oxygens (including phenoxy) is 2. The second-order valence-corrected chi connectivity index (χ2v) is 9.09. The summed E-state index contributed by atoms with van der Waals surface area (Å²) in [5.41, 5.74) is 0.759. The molecule has 0 spiro atoms. The Labute approximate surface area is 172 Å². The molecule has 4 heteroatoms. The molecule has 2 aromatic rings. The molecule has 28 heavy (non-hydrogen) atoms. The van der Waals surface area contributed by atoms with Gasteiger partial charge in [0.1, 0.15) is 17.3 Å². The van der Waals surface area contributed by atoms with Crippen molar-refractivity contribution in [3.8, 4) is 11.5 Å². The molecule has 0 bridgehead atoms. The van der Waals surface area contributed by atoms with Gasteiger partial charge in [0, 0.05) is 16.5 Å². The van der Waals surface area contributed by atoms with Crippen LogP contribution in [0, 0.1) is 0 Å². The van der Waals surface area contributed by atoms with E-state index in [1.807, 2.05) is 36.4 Å². The zero-order chi connectivity index (χ0) is 20.2. The van der Waals surface area contributed by atoms with Crippen LogP contribution in [0.1, 0.15) is 55.8 Å². The maximum absolute atomic E-state index is 12.9. The quantitative estimate of drug-likeness (QED) is 0.237. The van der Waals surface area contributed by atoms with E-state index in [-0.39, 0.29) is 16.7 Å². The summed E-state index contributed by atoms with van der Waals surface area (Å²) >= 11 is 0. The normalized spacial score (nSPS) is 11.8. The van der Waals surface area contributed by atoms with Gasteiger partial charge in [-0.3, -0.25) is 4.79 Å². The highest BCUT2D eigenvalue weighted by molar-refractivity contribution is 7.97. The summed E-state index contributed by atoms with van der Waals surface area (Å²) in [5, 5.41) is 0. The first kappa shape index (κ1) is 22.4. The van der Waals surface area contributed by atoms with Crippen molar-refractivity contribution in [2.45, 2.75) is 50.3 Å². The van der Waals surface area contributed by atoms with Gasteiger partial charge in [0.2, 0.25) is 5.78 Å². The molecule has 3 nitrogen and oxygen atoms in total. The summed E-state index contributed by atoms with van der Waals surface area (Å²) in [6.45, 7) is 2.24. The molecule has 0 heterocycles. The third-order valence-corrected chi connectivity index (χ3v) is 7.19. The lowest BCUT2D eigenvalue weighted by Crippen LogP contribution is -2.20. The fourth-order valence-corrected chi connectivity index (χ4v) is 5.22. The Hall–Kier alpha value is -1.94. The highest BCUT2D eigenvalue weighted by Crippen LogP contribution is 2.22. The average Bonchev–Trinajstić information content (AvgIpc) is 2.75. The van der Waals surface area contributed by atoms with Crippen LogP contribution in [-0.2, 0) is 10.9 Å². The van der Waals surface area contributed by atoms with Gasteiger partial charge in [0.25, 0.3) is 0 Å². The molecule has 0 aliphatic carbocycles. The third kappa shape index (κ3) is 7.23. The van der Waals surface area contributed by atoms with Crippen molar-refractivity contribution in [3.63, 3.8) is 0 Å². The van der Waals surface area contributed by atoms with E-state index in [0.29, 0.717) is 5.75 Å². The number of hydrogen-bond donors (Lipinski definition) is 0. The number of unbranched alkanes of at least 4 members (excludes halogenated alkanes) is 5. The molecule has 0 aliphatic heterocycles. The molecular weight excluding hydrogens is 368 g/mol. The van der Waals surface area contributed by atoms with E-state index < -0.39 is 0 Å². The zero-order valence-electron chi connectivity index (χ0n) is 17.4. The van der Waals surface area contributed by atoms with Crippen LogP contribution in [0.25, 0.3) is 0 Å². The highest BCUT2D eigenvalue weighted by Gasteiger charge is 2.26. The van der Waals surface area contributed by atoms with E-state index in [9.17, 15) is 4.79 Å². The molecule has 0 saturated heterocycles. The largest absolute Gasteiger partial charge is 0.497 e. The number of carbonyl (C=O) groups excluding carboxylic acids is 1. The topological polar surface area (TPSA) is 35.5 Å². The van der Waals surface area contributed by atoms with Gasteiger partial charge in [-0.15, -0.1) is 0 Å². The minimum atomic E-state index is -0.0794. The van der Waals surface area contributed by atoms with E-state index in [0.717, 1.165) is 22.8 Å². The first-order valence-electron chi connectivity index (χ1n) is 10.2. The molecule has 0 aromatic heterocycles. The Kier molecular flexibility index (Phi) is 9.98. The van der Waals surface area contributed by atoms with Crippen LogP contribution in [-0.4, -0.2) is 31.5 Å². The molecule has 1 atom stereocenters. The molecule has 0 fully saturated rings. The van der Waals surface area contributed by atoms with Gasteiger partial charge >= 0.3 is 0 Å². The summed E-state index contributed by atoms with van der Waals surface area (Å²) < 4.78 is 10.5. The predicted molar refractivity (Wildman–Crippen MR) is 119 cm³/mol. The third-order valence-electron chi connectivity index (χ3n) is 4.85. The van der Waals surface area contributed by atoms with Crippen molar-refractivity contribution < 1.29 is 14.3 Å². The van der Waals surface area contributed by atoms with Crippen molar-refractivity contribution in [1.82, 2.24) is 0 Å². The number of rotatable bonds is 13. The summed E-state index contributed by atoms with van der Waals surface area (Å²) in [6.07, 6.45) is 7.62. The van der Waals surface area contributed by atoms with Crippen LogP contribution in [0.3, 0.4) is 0 Å². The zero-order valence-corrected chi connectivity index (χ0v) is 18.2. The fourth-order valence-electron chi connectivity index (χ4n) is 3.12. The summed E-state index contributed by atoms with van der Waals surface area (Å²) in [6, 6.07) is 15.6. The lowest BCUT2D eigenvalue weighted by atomic mass is 10.1. The molecule has 2 rings (SSSR count). The van der Waals surface area contributed by atoms with E-state index >= 15 is 0 Å². The van der Waals surface area contributed by atoms with Gasteiger partial charge in [-0.05, 0) is 61.4 Å². The van der Waals surface area contributed by atoms with Gasteiger partial charge in [-0.1, -0.05) is 32.6 Å². The number of carbonyl (C=O) groups is 1. The van der Waals surface area contributed by atoms with E-state index in [2.05, 4.69) is 19.1 Å². The predicted octanol–water partition coefficient (Wildman–Crippen LogP) is 5.92. The molecule has 0 aliphatic rings. The average molecular weight is 402 g/mol. The van der Waals surface area contributed by atoms with Gasteiger partial charge in [-0.2, -0.15) is 0 Å². The Morgan fingerprint density at radius 1 is 0.786 bits per heavy atom. The molecule has 2 aromatic carbocycles. The Bertz CT molecular complexity index is 695. The lowest BCUT2D eigenvalue weighted by molar-refractivity contribution is 0.102. The first-order chi connectivity index (χ1) is 13.7. The molecule has 152 valence electrons. The molecule has 0 radical (unpaired) electrons. The van der Waals surface area contributed by atoms with E-state index in [1.165, 1.54) is 43.4 Å². The second-order valence-electron chi connectivity index (χ2n) is 6.94. The van der Waals surface area contributed by atoms with Crippen LogP contribution in [0.2, 0.25) is 0 Å². The van der Waals surface area contributed by atoms with Crippen molar-refractivity contribution in [2.24, 2.45) is 0 Å². The van der Waals surface area contributed by atoms with Crippen molar-refractivity contribution in [1.29, 1.82) is 0 Å². The van der Waals surface area contributed by atoms with Gasteiger partial charge in [-0.25, -0.2) is 0 Å². The molecular formula is C24H33O3S+. The lowest BCUT2D eigenvalue weighted by Gasteiger charge is -2.10. The van der Waals surface area contributed by atoms with Gasteiger partial charge in [0.15, 0.2) is 10.6 Å². The Morgan fingerprint density at radius 2 is 1.32 bits per heavy atom. The minimum Gasteiger partial charge on any atom is -0.497 e. The van der Waals surface area contributed by atoms with Crippen LogP contribution in [0.5, 0.6) is 11.5 Å². The van der Waals surface area contributed by atoms with Gasteiger partial charge in [0.05, 0.1) is 14.2 Å². The van der Waals surface area contributed by atoms with Crippen LogP contribution < -0.4 is 9.47 Å². The second kappa shape index (κ2) is 12.5. The van der Waals surface area contributed by atoms with E-state index in [4.69, 9.17) is 9.47 Å². The van der Waals surface area contributed by atoms with Crippen molar-refractivity contribution in [3.05, 3.63) is 54.1 Å². The summed E-state index contributed by atoms with van der Waals surface area (Å²) in [4.78, 5) is 14.1. The number of Topliss-reactive ketones (excluding diaryl/α,β-unsaturated/α-hetero) is 1. The highest BCUT2D eigenvalue weighted by atomic mass is 32.2. The molecule has 0 saturated carbocycles. The molecule has 0 N–H and O–H groups in total. The number of hydrogen-bond acceptors (Lipinski definition) is 3. The maximum atomic E-state index is 12.9. The number of methoxy groups -OCH3 is 2. The van der Waals surface area contributed by atoms with Crippen LogP contribution in [0.15, 0.2) is 53.4 Å². The number of ketones is 1. The molecule has 0 amide bonds. The standard InChI is InChI=1S/C24H33O3S/c1-4-5-6-7-8-9-18-28(23-16-14-22(27-3)15-17-23)19-24(25)20-10-12-21(26-2)13-11-20/h10-17H,4-9,18-19H2,1-3H3/q+1. The monoisotopic (exact) mass is 401 g/mol. The first-order valence-corrected chi connectivity index (χ1v) is 11.7. The fraction of sp³-hybridized carbons (Fsp3) is 0.458. The Morgan fingerprint density at radius 3 is 1.89 bits per heavy atom. The minimum absolute atomic E-state index is 0.0794. The number of benzene rings is 2. The van der Waals surface area contributed by atoms with Crippen molar-refractivity contribution in [2.75, 3.05) is 25.7 Å². The smallest absolute Gasteiger partial charge is 0.212 e. The van der Waals surface area contributed by atoms with Crippen molar-refractivity contribution >= 4 is 16.7 Å².